The van der Waals surface area contributed by atoms with Crippen LogP contribution in [-0.2, 0) is 6.61 Å². The van der Waals surface area contributed by atoms with E-state index >= 15 is 0 Å². The van der Waals surface area contributed by atoms with E-state index in [1.165, 1.54) is 5.56 Å². The molecule has 2 rings (SSSR count). The Hall–Kier alpha value is -2.49. The summed E-state index contributed by atoms with van der Waals surface area (Å²) in [6, 6.07) is 13.3. The summed E-state index contributed by atoms with van der Waals surface area (Å²) >= 11 is 0. The number of anilines is 1. The zero-order chi connectivity index (χ0) is 16.1. The van der Waals surface area contributed by atoms with Crippen LogP contribution >= 0.6 is 0 Å². The van der Waals surface area contributed by atoms with Crippen molar-refractivity contribution in [3.05, 3.63) is 59.2 Å². The Morgan fingerprint density at radius 3 is 2.45 bits per heavy atom. The number of benzene rings is 2. The number of hydrogen-bond donors (Lipinski definition) is 2. The van der Waals surface area contributed by atoms with E-state index in [2.05, 4.69) is 5.32 Å². The van der Waals surface area contributed by atoms with Crippen LogP contribution in [0.2, 0.25) is 0 Å². The second-order valence-electron chi connectivity index (χ2n) is 5.66. The number of hydrogen-bond acceptors (Lipinski definition) is 3. The lowest BCUT2D eigenvalue weighted by atomic mass is 10.1. The minimum atomic E-state index is -0.133. The van der Waals surface area contributed by atoms with Gasteiger partial charge in [0.15, 0.2) is 0 Å². The predicted molar refractivity (Wildman–Crippen MR) is 89.0 cm³/mol. The molecule has 0 unspecified atom stereocenters. The molecule has 0 bridgehead atoms. The normalized spacial score (nSPS) is 10.5. The lowest BCUT2D eigenvalue weighted by Crippen LogP contribution is -2.30. The fourth-order valence-electron chi connectivity index (χ4n) is 2.01. The van der Waals surface area contributed by atoms with Crippen molar-refractivity contribution in [2.75, 3.05) is 5.73 Å². The Labute approximate surface area is 131 Å². The van der Waals surface area contributed by atoms with E-state index < -0.39 is 0 Å². The first-order chi connectivity index (χ1) is 10.5. The van der Waals surface area contributed by atoms with E-state index in [4.69, 9.17) is 10.5 Å². The molecule has 4 nitrogen and oxygen atoms in total. The van der Waals surface area contributed by atoms with E-state index in [1.54, 1.807) is 18.2 Å². The molecule has 0 radical (unpaired) electrons. The zero-order valence-electron chi connectivity index (χ0n) is 13.2. The van der Waals surface area contributed by atoms with E-state index in [-0.39, 0.29) is 11.9 Å². The van der Waals surface area contributed by atoms with E-state index in [1.807, 2.05) is 45.0 Å². The highest BCUT2D eigenvalue weighted by Crippen LogP contribution is 2.23. The molecule has 116 valence electrons. The van der Waals surface area contributed by atoms with Gasteiger partial charge in [-0.25, -0.2) is 0 Å². The van der Waals surface area contributed by atoms with Crippen LogP contribution in [-0.4, -0.2) is 11.9 Å². The van der Waals surface area contributed by atoms with E-state index in [9.17, 15) is 4.79 Å². The summed E-state index contributed by atoms with van der Waals surface area (Å²) in [4.78, 5) is 11.9. The summed E-state index contributed by atoms with van der Waals surface area (Å²) in [5.74, 6) is 0.452. The molecule has 0 aliphatic carbocycles. The fraction of sp³-hybridized carbons (Fsp3) is 0.278. The van der Waals surface area contributed by atoms with Crippen LogP contribution in [0.1, 0.15) is 35.3 Å². The number of nitrogens with two attached hydrogens (primary N) is 1. The average Bonchev–Trinajstić information content (AvgIpc) is 2.47. The molecular weight excluding hydrogens is 276 g/mol. The maximum Gasteiger partial charge on any atom is 0.251 e. The van der Waals surface area contributed by atoms with Crippen molar-refractivity contribution in [3.8, 4) is 5.75 Å². The third kappa shape index (κ3) is 4.25. The van der Waals surface area contributed by atoms with Crippen molar-refractivity contribution in [2.24, 2.45) is 0 Å². The molecule has 2 aromatic rings. The summed E-state index contributed by atoms with van der Waals surface area (Å²) in [6.45, 7) is 6.33. The third-order valence-electron chi connectivity index (χ3n) is 3.21. The first-order valence-corrected chi connectivity index (χ1v) is 7.34. The molecule has 0 spiro atoms. The topological polar surface area (TPSA) is 64.3 Å². The molecule has 2 aromatic carbocycles. The molecule has 0 aromatic heterocycles. The number of amides is 1. The molecule has 0 saturated carbocycles. The molecule has 0 atom stereocenters. The van der Waals surface area contributed by atoms with Crippen molar-refractivity contribution in [1.82, 2.24) is 5.32 Å². The summed E-state index contributed by atoms with van der Waals surface area (Å²) in [7, 11) is 0. The summed E-state index contributed by atoms with van der Waals surface area (Å²) in [6.07, 6.45) is 0. The molecule has 1 amide bonds. The molecule has 0 aliphatic heterocycles. The van der Waals surface area contributed by atoms with Gasteiger partial charge < -0.3 is 15.8 Å². The molecule has 3 N–H and O–H groups in total. The minimum absolute atomic E-state index is 0.0891. The number of nitrogen functional groups attached to an aromatic ring is 1. The first-order valence-electron chi connectivity index (χ1n) is 7.34. The van der Waals surface area contributed by atoms with Crippen LogP contribution in [0.4, 0.5) is 5.69 Å². The van der Waals surface area contributed by atoms with Gasteiger partial charge in [0.05, 0.1) is 5.69 Å². The Bertz CT molecular complexity index is 649. The minimum Gasteiger partial charge on any atom is -0.487 e. The molecule has 0 fully saturated rings. The largest absolute Gasteiger partial charge is 0.487 e. The second kappa shape index (κ2) is 6.98. The van der Waals surface area contributed by atoms with Crippen molar-refractivity contribution < 1.29 is 9.53 Å². The fourth-order valence-corrected chi connectivity index (χ4v) is 2.01. The van der Waals surface area contributed by atoms with Gasteiger partial charge in [0, 0.05) is 11.6 Å². The second-order valence-corrected chi connectivity index (χ2v) is 5.66. The van der Waals surface area contributed by atoms with Gasteiger partial charge in [-0.3, -0.25) is 4.79 Å². The van der Waals surface area contributed by atoms with E-state index in [0.717, 1.165) is 5.56 Å². The molecule has 0 saturated heterocycles. The molecule has 4 heteroatoms. The first kappa shape index (κ1) is 15.9. The Balaban J connectivity index is 2.03. The maximum absolute atomic E-state index is 11.9. The number of carbonyl (C=O) groups is 1. The summed E-state index contributed by atoms with van der Waals surface area (Å²) in [5.41, 5.74) is 9.26. The summed E-state index contributed by atoms with van der Waals surface area (Å²) in [5, 5.41) is 2.83. The van der Waals surface area contributed by atoms with Gasteiger partial charge in [-0.05, 0) is 44.5 Å². The van der Waals surface area contributed by atoms with Crippen molar-refractivity contribution >= 4 is 11.6 Å². The zero-order valence-corrected chi connectivity index (χ0v) is 13.2. The standard InChI is InChI=1S/C18H22N2O2/c1-12(2)20-18(21)15-8-9-17(16(19)10-15)22-11-14-6-4-13(3)5-7-14/h4-10,12H,11,19H2,1-3H3,(H,20,21). The Morgan fingerprint density at radius 1 is 1.18 bits per heavy atom. The van der Waals surface area contributed by atoms with Crippen LogP contribution < -0.4 is 15.8 Å². The lowest BCUT2D eigenvalue weighted by molar-refractivity contribution is 0.0943. The molecule has 0 heterocycles. The van der Waals surface area contributed by atoms with E-state index in [0.29, 0.717) is 23.6 Å². The molecular formula is C18H22N2O2. The van der Waals surface area contributed by atoms with Crippen LogP contribution in [0.15, 0.2) is 42.5 Å². The van der Waals surface area contributed by atoms with Gasteiger partial charge in [0.25, 0.3) is 5.91 Å². The van der Waals surface area contributed by atoms with Gasteiger partial charge in [0.1, 0.15) is 12.4 Å². The highest BCUT2D eigenvalue weighted by atomic mass is 16.5. The van der Waals surface area contributed by atoms with Crippen molar-refractivity contribution in [1.29, 1.82) is 0 Å². The van der Waals surface area contributed by atoms with Gasteiger partial charge in [-0.15, -0.1) is 0 Å². The van der Waals surface area contributed by atoms with Gasteiger partial charge in [0.2, 0.25) is 0 Å². The van der Waals surface area contributed by atoms with Crippen LogP contribution in [0.25, 0.3) is 0 Å². The van der Waals surface area contributed by atoms with Gasteiger partial charge >= 0.3 is 0 Å². The quantitative estimate of drug-likeness (QED) is 0.832. The van der Waals surface area contributed by atoms with Crippen molar-refractivity contribution in [2.45, 2.75) is 33.4 Å². The monoisotopic (exact) mass is 298 g/mol. The number of aryl methyl sites for hydroxylation is 1. The number of nitrogens with one attached hydrogen (secondary N) is 1. The SMILES string of the molecule is Cc1ccc(COc2ccc(C(=O)NC(C)C)cc2N)cc1. The van der Waals surface area contributed by atoms with Crippen molar-refractivity contribution in [3.63, 3.8) is 0 Å². The van der Waals surface area contributed by atoms with Crippen LogP contribution in [0.5, 0.6) is 5.75 Å². The van der Waals surface area contributed by atoms with Crippen LogP contribution in [0, 0.1) is 6.92 Å². The molecule has 22 heavy (non-hydrogen) atoms. The van der Waals surface area contributed by atoms with Gasteiger partial charge in [-0.1, -0.05) is 29.8 Å². The highest BCUT2D eigenvalue weighted by molar-refractivity contribution is 5.95. The Kier molecular flexibility index (Phi) is 5.04. The molecule has 0 aliphatic rings. The maximum atomic E-state index is 11.9. The summed E-state index contributed by atoms with van der Waals surface area (Å²) < 4.78 is 5.72. The highest BCUT2D eigenvalue weighted by Gasteiger charge is 2.10. The lowest BCUT2D eigenvalue weighted by Gasteiger charge is -2.12. The van der Waals surface area contributed by atoms with Crippen LogP contribution in [0.3, 0.4) is 0 Å². The van der Waals surface area contributed by atoms with Gasteiger partial charge in [-0.2, -0.15) is 0 Å². The average molecular weight is 298 g/mol. The number of ether oxygens (including phenoxy) is 1. The predicted octanol–water partition coefficient (Wildman–Crippen LogP) is 3.29. The number of rotatable bonds is 5. The Morgan fingerprint density at radius 2 is 1.86 bits per heavy atom. The smallest absolute Gasteiger partial charge is 0.251 e. The third-order valence-corrected chi connectivity index (χ3v) is 3.21. The number of carbonyl (C=O) groups excluding carboxylic acids is 1.